The van der Waals surface area contributed by atoms with Crippen LogP contribution in [0.1, 0.15) is 32.6 Å². The second-order valence-electron chi connectivity index (χ2n) is 6.53. The van der Waals surface area contributed by atoms with Gasteiger partial charge in [-0.05, 0) is 62.1 Å². The van der Waals surface area contributed by atoms with Crippen LogP contribution >= 0.6 is 0 Å². The number of hydrogen-bond acceptors (Lipinski definition) is 3. The van der Waals surface area contributed by atoms with Crippen molar-refractivity contribution in [1.29, 1.82) is 0 Å². The average Bonchev–Trinajstić information content (AvgIpc) is 2.68. The van der Waals surface area contributed by atoms with Crippen LogP contribution in [0.5, 0.6) is 5.75 Å². The van der Waals surface area contributed by atoms with Gasteiger partial charge in [-0.15, -0.1) is 0 Å². The van der Waals surface area contributed by atoms with E-state index in [2.05, 4.69) is 10.2 Å². The molecule has 1 aliphatic rings. The largest absolute Gasteiger partial charge is 0.478 e. The minimum Gasteiger partial charge on any atom is -0.478 e. The van der Waals surface area contributed by atoms with Crippen molar-refractivity contribution in [1.82, 2.24) is 0 Å². The number of ether oxygens (including phenoxy) is 1. The summed E-state index contributed by atoms with van der Waals surface area (Å²) in [5.41, 5.74) is 1.89. The third-order valence-electron chi connectivity index (χ3n) is 4.63. The molecule has 0 aliphatic carbocycles. The molecular weight excluding hydrogens is 331 g/mol. The van der Waals surface area contributed by atoms with Gasteiger partial charge in [0.2, 0.25) is 0 Å². The monoisotopic (exact) mass is 356 g/mol. The molecule has 138 valence electrons. The zero-order valence-corrected chi connectivity index (χ0v) is 15.1. The maximum absolute atomic E-state index is 13.7. The Bertz CT molecular complexity index is 727. The van der Waals surface area contributed by atoms with Gasteiger partial charge in [0.15, 0.2) is 17.7 Å². The number of nitrogens with one attached hydrogen (secondary N) is 1. The summed E-state index contributed by atoms with van der Waals surface area (Å²) in [6, 6.07) is 14.0. The molecule has 2 aromatic rings. The lowest BCUT2D eigenvalue weighted by atomic mass is 10.1. The fraction of sp³-hybridized carbons (Fsp3) is 0.381. The van der Waals surface area contributed by atoms with E-state index in [4.69, 9.17) is 4.74 Å². The third-order valence-corrected chi connectivity index (χ3v) is 4.63. The van der Waals surface area contributed by atoms with Crippen molar-refractivity contribution in [3.8, 4) is 5.75 Å². The minimum atomic E-state index is -0.742. The van der Waals surface area contributed by atoms with Crippen LogP contribution in [0.25, 0.3) is 0 Å². The summed E-state index contributed by atoms with van der Waals surface area (Å²) in [6.07, 6.45) is 3.46. The van der Waals surface area contributed by atoms with Crippen molar-refractivity contribution >= 4 is 17.3 Å². The highest BCUT2D eigenvalue weighted by Gasteiger charge is 2.20. The maximum atomic E-state index is 13.7. The van der Waals surface area contributed by atoms with Crippen molar-refractivity contribution in [2.24, 2.45) is 0 Å². The first-order valence-electron chi connectivity index (χ1n) is 9.24. The van der Waals surface area contributed by atoms with Crippen LogP contribution < -0.4 is 15.0 Å². The highest BCUT2D eigenvalue weighted by molar-refractivity contribution is 5.94. The molecule has 1 unspecified atom stereocenters. The molecule has 4 nitrogen and oxygen atoms in total. The van der Waals surface area contributed by atoms with E-state index in [0.717, 1.165) is 13.1 Å². The molecule has 1 N–H and O–H groups in total. The highest BCUT2D eigenvalue weighted by atomic mass is 19.1. The van der Waals surface area contributed by atoms with Crippen LogP contribution in [0.15, 0.2) is 48.5 Å². The molecule has 2 aromatic carbocycles. The minimum absolute atomic E-state index is 0.0925. The summed E-state index contributed by atoms with van der Waals surface area (Å²) >= 11 is 0. The van der Waals surface area contributed by atoms with Crippen LogP contribution in [0.2, 0.25) is 0 Å². The second kappa shape index (κ2) is 8.70. The first-order chi connectivity index (χ1) is 12.7. The summed E-state index contributed by atoms with van der Waals surface area (Å²) in [4.78, 5) is 14.8. The average molecular weight is 356 g/mol. The number of carbonyl (C=O) groups is 1. The number of carbonyl (C=O) groups excluding carboxylic acids is 1. The quantitative estimate of drug-likeness (QED) is 0.822. The van der Waals surface area contributed by atoms with Gasteiger partial charge in [0.1, 0.15) is 0 Å². The third kappa shape index (κ3) is 4.54. The van der Waals surface area contributed by atoms with Gasteiger partial charge in [0.05, 0.1) is 0 Å². The highest BCUT2D eigenvalue weighted by Crippen LogP contribution is 2.23. The smallest absolute Gasteiger partial charge is 0.265 e. The summed E-state index contributed by atoms with van der Waals surface area (Å²) < 4.78 is 19.3. The lowest BCUT2D eigenvalue weighted by Gasteiger charge is -2.28. The van der Waals surface area contributed by atoms with Crippen LogP contribution in [0, 0.1) is 5.82 Å². The number of piperidine rings is 1. The lowest BCUT2D eigenvalue weighted by Crippen LogP contribution is -2.32. The molecule has 0 saturated carbocycles. The molecule has 1 saturated heterocycles. The van der Waals surface area contributed by atoms with Gasteiger partial charge in [-0.1, -0.05) is 19.1 Å². The maximum Gasteiger partial charge on any atom is 0.265 e. The fourth-order valence-electron chi connectivity index (χ4n) is 3.15. The molecule has 26 heavy (non-hydrogen) atoms. The van der Waals surface area contributed by atoms with E-state index in [-0.39, 0.29) is 11.7 Å². The number of anilines is 2. The molecule has 5 heteroatoms. The van der Waals surface area contributed by atoms with Crippen molar-refractivity contribution in [3.05, 3.63) is 54.3 Å². The van der Waals surface area contributed by atoms with Gasteiger partial charge in [0.25, 0.3) is 5.91 Å². The van der Waals surface area contributed by atoms with Crippen molar-refractivity contribution < 1.29 is 13.9 Å². The SMILES string of the molecule is CCC(Oc1ccccc1F)C(=O)Nc1ccc(N2CCCCC2)cc1. The first kappa shape index (κ1) is 18.2. The normalized spacial score (nSPS) is 15.4. The van der Waals surface area contributed by atoms with E-state index in [0.29, 0.717) is 12.1 Å². The molecule has 3 rings (SSSR count). The topological polar surface area (TPSA) is 41.6 Å². The van der Waals surface area contributed by atoms with Crippen LogP contribution in [-0.2, 0) is 4.79 Å². The number of nitrogens with zero attached hydrogens (tertiary/aromatic N) is 1. The van der Waals surface area contributed by atoms with E-state index in [1.54, 1.807) is 12.1 Å². The van der Waals surface area contributed by atoms with Gasteiger partial charge >= 0.3 is 0 Å². The van der Waals surface area contributed by atoms with Crippen LogP contribution in [0.4, 0.5) is 15.8 Å². The molecule has 0 bridgehead atoms. The number of para-hydroxylation sites is 1. The number of amides is 1. The molecule has 1 amide bonds. The number of hydrogen-bond donors (Lipinski definition) is 1. The molecule has 1 fully saturated rings. The molecule has 1 atom stereocenters. The summed E-state index contributed by atoms with van der Waals surface area (Å²) in [7, 11) is 0. The van der Waals surface area contributed by atoms with Crippen LogP contribution in [-0.4, -0.2) is 25.1 Å². The van der Waals surface area contributed by atoms with E-state index >= 15 is 0 Å². The molecule has 0 spiro atoms. The van der Waals surface area contributed by atoms with Gasteiger partial charge in [-0.3, -0.25) is 4.79 Å². The van der Waals surface area contributed by atoms with Gasteiger partial charge in [0, 0.05) is 24.5 Å². The molecule has 0 radical (unpaired) electrons. The van der Waals surface area contributed by atoms with Gasteiger partial charge < -0.3 is 15.0 Å². The Labute approximate surface area is 154 Å². The zero-order valence-electron chi connectivity index (χ0n) is 15.1. The number of halogens is 1. The van der Waals surface area contributed by atoms with Crippen LogP contribution in [0.3, 0.4) is 0 Å². The van der Waals surface area contributed by atoms with Gasteiger partial charge in [-0.25, -0.2) is 4.39 Å². The van der Waals surface area contributed by atoms with E-state index in [1.807, 2.05) is 31.2 Å². The fourth-order valence-corrected chi connectivity index (χ4v) is 3.15. The lowest BCUT2D eigenvalue weighted by molar-refractivity contribution is -0.122. The molecular formula is C21H25FN2O2. The molecule has 1 aliphatic heterocycles. The second-order valence-corrected chi connectivity index (χ2v) is 6.53. The summed E-state index contributed by atoms with van der Waals surface area (Å²) in [5, 5.41) is 2.86. The Kier molecular flexibility index (Phi) is 6.10. The Balaban J connectivity index is 1.61. The summed E-state index contributed by atoms with van der Waals surface area (Å²) in [5.74, 6) is -0.652. The Morgan fingerprint density at radius 1 is 1.12 bits per heavy atom. The van der Waals surface area contributed by atoms with E-state index < -0.39 is 11.9 Å². The first-order valence-corrected chi connectivity index (χ1v) is 9.24. The summed E-state index contributed by atoms with van der Waals surface area (Å²) in [6.45, 7) is 4.00. The Morgan fingerprint density at radius 2 is 1.81 bits per heavy atom. The predicted octanol–water partition coefficient (Wildman–Crippen LogP) is 4.61. The Hall–Kier alpha value is -2.56. The van der Waals surface area contributed by atoms with E-state index in [1.165, 1.54) is 37.1 Å². The van der Waals surface area contributed by atoms with Gasteiger partial charge in [-0.2, -0.15) is 0 Å². The number of benzene rings is 2. The standard InChI is InChI=1S/C21H25FN2O2/c1-2-19(26-20-9-5-4-8-18(20)22)21(25)23-16-10-12-17(13-11-16)24-14-6-3-7-15-24/h4-5,8-13,19H,2-3,6-7,14-15H2,1H3,(H,23,25). The van der Waals surface area contributed by atoms with Crippen molar-refractivity contribution in [2.45, 2.75) is 38.7 Å². The van der Waals surface area contributed by atoms with Crippen molar-refractivity contribution in [2.75, 3.05) is 23.3 Å². The van der Waals surface area contributed by atoms with E-state index in [9.17, 15) is 9.18 Å². The molecule has 1 heterocycles. The van der Waals surface area contributed by atoms with Crippen molar-refractivity contribution in [3.63, 3.8) is 0 Å². The molecule has 0 aromatic heterocycles. The zero-order chi connectivity index (χ0) is 18.4. The Morgan fingerprint density at radius 3 is 2.46 bits per heavy atom. The number of rotatable bonds is 6. The predicted molar refractivity (Wildman–Crippen MR) is 102 cm³/mol.